The Kier molecular flexibility index (Phi) is 4.63. The van der Waals surface area contributed by atoms with Gasteiger partial charge in [0.1, 0.15) is 0 Å². The van der Waals surface area contributed by atoms with Crippen LogP contribution in [0.2, 0.25) is 0 Å². The van der Waals surface area contributed by atoms with Crippen LogP contribution in [0.1, 0.15) is 26.2 Å². The van der Waals surface area contributed by atoms with E-state index in [0.717, 1.165) is 37.2 Å². The molecule has 1 fully saturated rings. The van der Waals surface area contributed by atoms with Gasteiger partial charge >= 0.3 is 0 Å². The molecule has 1 aromatic rings. The van der Waals surface area contributed by atoms with Crippen molar-refractivity contribution in [3.8, 4) is 0 Å². The average molecular weight is 283 g/mol. The minimum absolute atomic E-state index is 0.00183. The molecule has 2 heterocycles. The van der Waals surface area contributed by atoms with Crippen LogP contribution in [0, 0.1) is 0 Å². The highest BCUT2D eigenvalue weighted by atomic mass is 32.2. The lowest BCUT2D eigenvalue weighted by Gasteiger charge is -2.24. The van der Waals surface area contributed by atoms with Crippen LogP contribution in [0.25, 0.3) is 0 Å². The molecule has 0 amide bonds. The van der Waals surface area contributed by atoms with Crippen LogP contribution < -0.4 is 10.6 Å². The quantitative estimate of drug-likeness (QED) is 0.863. The average Bonchev–Trinajstić information content (AvgIpc) is 2.35. The van der Waals surface area contributed by atoms with Gasteiger partial charge in [-0.3, -0.25) is 4.98 Å². The van der Waals surface area contributed by atoms with Crippen LogP contribution >= 0.6 is 0 Å². The number of nitrogens with zero attached hydrogens (tertiary/aromatic N) is 1. The number of hydrogen-bond donors (Lipinski definition) is 2. The summed E-state index contributed by atoms with van der Waals surface area (Å²) in [7, 11) is -2.87. The Morgan fingerprint density at radius 1 is 1.37 bits per heavy atom. The molecule has 0 aliphatic carbocycles. The van der Waals surface area contributed by atoms with Crippen LogP contribution in [-0.4, -0.2) is 37.5 Å². The molecule has 1 unspecified atom stereocenters. The van der Waals surface area contributed by atoms with Gasteiger partial charge in [-0.05, 0) is 25.3 Å². The molecule has 5 nitrogen and oxygen atoms in total. The summed E-state index contributed by atoms with van der Waals surface area (Å²) in [6, 6.07) is 1.98. The fourth-order valence-corrected chi connectivity index (χ4v) is 3.89. The molecular weight excluding hydrogens is 262 g/mol. The second-order valence-corrected chi connectivity index (χ2v) is 7.22. The summed E-state index contributed by atoms with van der Waals surface area (Å²) >= 11 is 0. The summed E-state index contributed by atoms with van der Waals surface area (Å²) in [5, 5.41) is 6.54. The molecule has 0 bridgehead atoms. The van der Waals surface area contributed by atoms with Gasteiger partial charge in [0.15, 0.2) is 9.84 Å². The summed E-state index contributed by atoms with van der Waals surface area (Å²) in [5.74, 6) is 0.543. The van der Waals surface area contributed by atoms with E-state index in [-0.39, 0.29) is 11.8 Å². The van der Waals surface area contributed by atoms with Gasteiger partial charge in [0.05, 0.1) is 35.3 Å². The third-order valence-electron chi connectivity index (χ3n) is 3.15. The Balaban J connectivity index is 1.98. The molecule has 0 saturated carbocycles. The summed E-state index contributed by atoms with van der Waals surface area (Å²) in [5.41, 5.74) is 1.84. The first-order valence-electron chi connectivity index (χ1n) is 6.75. The SMILES string of the molecule is CCCNc1cncc(NC2CCCS(=O)(=O)C2)c1. The van der Waals surface area contributed by atoms with Gasteiger partial charge in [-0.1, -0.05) is 6.92 Å². The highest BCUT2D eigenvalue weighted by Gasteiger charge is 2.24. The summed E-state index contributed by atoms with van der Waals surface area (Å²) in [4.78, 5) is 4.16. The van der Waals surface area contributed by atoms with Crippen LogP contribution in [0.3, 0.4) is 0 Å². The number of anilines is 2. The zero-order valence-corrected chi connectivity index (χ0v) is 12.0. The van der Waals surface area contributed by atoms with Gasteiger partial charge in [-0.25, -0.2) is 8.42 Å². The van der Waals surface area contributed by atoms with E-state index in [0.29, 0.717) is 5.75 Å². The van der Waals surface area contributed by atoms with E-state index in [4.69, 9.17) is 0 Å². The Hall–Kier alpha value is -1.30. The van der Waals surface area contributed by atoms with Crippen molar-refractivity contribution in [1.82, 2.24) is 4.98 Å². The third-order valence-corrected chi connectivity index (χ3v) is 4.97. The molecule has 2 rings (SSSR count). The Morgan fingerprint density at radius 3 is 2.89 bits per heavy atom. The lowest BCUT2D eigenvalue weighted by Crippen LogP contribution is -2.34. The maximum atomic E-state index is 11.6. The standard InChI is InChI=1S/C13H21N3O2S/c1-2-5-15-12-7-13(9-14-8-12)16-11-4-3-6-19(17,18)10-11/h7-9,11,15-16H,2-6,10H2,1H3. The Morgan fingerprint density at radius 2 is 2.16 bits per heavy atom. The second-order valence-electron chi connectivity index (χ2n) is 4.99. The number of sulfone groups is 1. The molecule has 1 aliphatic heterocycles. The first kappa shape index (κ1) is 14.1. The smallest absolute Gasteiger partial charge is 0.152 e. The van der Waals surface area contributed by atoms with E-state index in [9.17, 15) is 8.42 Å². The monoisotopic (exact) mass is 283 g/mol. The van der Waals surface area contributed by atoms with E-state index in [1.807, 2.05) is 6.07 Å². The molecule has 1 atom stereocenters. The molecule has 6 heteroatoms. The largest absolute Gasteiger partial charge is 0.384 e. The zero-order chi connectivity index (χ0) is 13.7. The first-order valence-corrected chi connectivity index (χ1v) is 8.57. The van der Waals surface area contributed by atoms with E-state index < -0.39 is 9.84 Å². The molecule has 1 saturated heterocycles. The zero-order valence-electron chi connectivity index (χ0n) is 11.2. The molecule has 0 spiro atoms. The van der Waals surface area contributed by atoms with Gasteiger partial charge in [0.2, 0.25) is 0 Å². The van der Waals surface area contributed by atoms with E-state index in [2.05, 4.69) is 22.5 Å². The van der Waals surface area contributed by atoms with Crippen molar-refractivity contribution in [2.24, 2.45) is 0 Å². The number of nitrogens with one attached hydrogen (secondary N) is 2. The number of pyridine rings is 1. The minimum Gasteiger partial charge on any atom is -0.384 e. The molecule has 0 aromatic carbocycles. The van der Waals surface area contributed by atoms with Crippen LogP contribution in [0.15, 0.2) is 18.5 Å². The van der Waals surface area contributed by atoms with Crippen molar-refractivity contribution in [2.75, 3.05) is 28.7 Å². The van der Waals surface area contributed by atoms with Crippen LogP contribution in [-0.2, 0) is 9.84 Å². The van der Waals surface area contributed by atoms with Crippen LogP contribution in [0.4, 0.5) is 11.4 Å². The summed E-state index contributed by atoms with van der Waals surface area (Å²) < 4.78 is 23.2. The summed E-state index contributed by atoms with van der Waals surface area (Å²) in [6.07, 6.45) is 6.20. The third kappa shape index (κ3) is 4.38. The highest BCUT2D eigenvalue weighted by molar-refractivity contribution is 7.91. The molecule has 0 radical (unpaired) electrons. The van der Waals surface area contributed by atoms with E-state index in [1.165, 1.54) is 0 Å². The van der Waals surface area contributed by atoms with Crippen molar-refractivity contribution in [1.29, 1.82) is 0 Å². The molecule has 106 valence electrons. The number of rotatable bonds is 5. The highest BCUT2D eigenvalue weighted by Crippen LogP contribution is 2.19. The van der Waals surface area contributed by atoms with Gasteiger partial charge < -0.3 is 10.6 Å². The molecule has 1 aromatic heterocycles. The maximum Gasteiger partial charge on any atom is 0.152 e. The predicted octanol–water partition coefficient (Wildman–Crippen LogP) is 1.89. The van der Waals surface area contributed by atoms with Crippen molar-refractivity contribution in [3.05, 3.63) is 18.5 Å². The predicted molar refractivity (Wildman–Crippen MR) is 78.3 cm³/mol. The topological polar surface area (TPSA) is 71.1 Å². The van der Waals surface area contributed by atoms with E-state index >= 15 is 0 Å². The Labute approximate surface area is 114 Å². The lowest BCUT2D eigenvalue weighted by molar-refractivity contribution is 0.562. The van der Waals surface area contributed by atoms with E-state index in [1.54, 1.807) is 12.4 Å². The first-order chi connectivity index (χ1) is 9.09. The summed E-state index contributed by atoms with van der Waals surface area (Å²) in [6.45, 7) is 3.01. The van der Waals surface area contributed by atoms with Crippen molar-refractivity contribution in [3.63, 3.8) is 0 Å². The van der Waals surface area contributed by atoms with Gasteiger partial charge in [-0.2, -0.15) is 0 Å². The van der Waals surface area contributed by atoms with Gasteiger partial charge in [0.25, 0.3) is 0 Å². The molecular formula is C13H21N3O2S. The maximum absolute atomic E-state index is 11.6. The van der Waals surface area contributed by atoms with Crippen LogP contribution in [0.5, 0.6) is 0 Å². The van der Waals surface area contributed by atoms with Crippen molar-refractivity contribution >= 4 is 21.2 Å². The fourth-order valence-electron chi connectivity index (χ4n) is 2.26. The molecule has 19 heavy (non-hydrogen) atoms. The number of aromatic nitrogens is 1. The Bertz CT molecular complexity index is 516. The fraction of sp³-hybridized carbons (Fsp3) is 0.615. The molecule has 2 N–H and O–H groups in total. The second kappa shape index (κ2) is 6.23. The van der Waals surface area contributed by atoms with Gasteiger partial charge in [0, 0.05) is 12.6 Å². The minimum atomic E-state index is -2.87. The van der Waals surface area contributed by atoms with Gasteiger partial charge in [-0.15, -0.1) is 0 Å². The van der Waals surface area contributed by atoms with Crippen molar-refractivity contribution in [2.45, 2.75) is 32.2 Å². The normalized spacial score (nSPS) is 21.8. The number of hydrogen-bond acceptors (Lipinski definition) is 5. The van der Waals surface area contributed by atoms with Crippen molar-refractivity contribution < 1.29 is 8.42 Å². The molecule has 1 aliphatic rings. The lowest BCUT2D eigenvalue weighted by atomic mass is 10.2.